The molecule has 0 saturated heterocycles. The fourth-order valence-corrected chi connectivity index (χ4v) is 4.52. The van der Waals surface area contributed by atoms with Crippen LogP contribution in [0.1, 0.15) is 32.7 Å². The van der Waals surface area contributed by atoms with Gasteiger partial charge in [0.1, 0.15) is 0 Å². The zero-order valence-corrected chi connectivity index (χ0v) is 20.0. The Morgan fingerprint density at radius 3 is 2.40 bits per heavy atom. The van der Waals surface area contributed by atoms with E-state index in [1.54, 1.807) is 0 Å². The molecular formula is C25H21Br2NO2. The van der Waals surface area contributed by atoms with Gasteiger partial charge in [-0.2, -0.15) is 0 Å². The van der Waals surface area contributed by atoms with Crippen LogP contribution in [0.15, 0.2) is 75.7 Å². The summed E-state index contributed by atoms with van der Waals surface area (Å²) < 4.78 is 9.45. The number of rotatable bonds is 5. The van der Waals surface area contributed by atoms with Gasteiger partial charge < -0.3 is 9.30 Å². The van der Waals surface area contributed by atoms with E-state index < -0.39 is 0 Å². The van der Waals surface area contributed by atoms with Crippen molar-refractivity contribution in [2.45, 2.75) is 19.9 Å². The summed E-state index contributed by atoms with van der Waals surface area (Å²) in [5.74, 6) is -0.303. The largest absolute Gasteiger partial charge is 0.465 e. The van der Waals surface area contributed by atoms with E-state index >= 15 is 0 Å². The molecule has 152 valence electrons. The molecule has 0 amide bonds. The third-order valence-electron chi connectivity index (χ3n) is 5.46. The topological polar surface area (TPSA) is 31.2 Å². The number of carbonyl (C=O) groups excluding carboxylic acids is 1. The van der Waals surface area contributed by atoms with Crippen LogP contribution in [0.4, 0.5) is 0 Å². The Labute approximate surface area is 192 Å². The summed E-state index contributed by atoms with van der Waals surface area (Å²) in [6.07, 6.45) is 0.664. The van der Waals surface area contributed by atoms with Crippen molar-refractivity contribution in [3.8, 4) is 0 Å². The van der Waals surface area contributed by atoms with Crippen molar-refractivity contribution in [3.05, 3.63) is 104 Å². The Bertz CT molecular complexity index is 1230. The molecule has 0 bridgehead atoms. The zero-order chi connectivity index (χ0) is 21.3. The summed E-state index contributed by atoms with van der Waals surface area (Å²) in [7, 11) is 1.42. The second-order valence-corrected chi connectivity index (χ2v) is 9.09. The molecule has 1 aromatic heterocycles. The van der Waals surface area contributed by atoms with Gasteiger partial charge >= 0.3 is 5.97 Å². The SMILES string of the molecule is COC(=O)c1ccccc1Cc1c(C)n(Cc2ccc(Br)cc2)c2ccc(Br)cc12. The summed E-state index contributed by atoms with van der Waals surface area (Å²) in [6, 6.07) is 22.5. The highest BCUT2D eigenvalue weighted by atomic mass is 79.9. The number of benzene rings is 3. The van der Waals surface area contributed by atoms with E-state index in [1.165, 1.54) is 34.8 Å². The Balaban J connectivity index is 1.83. The molecule has 0 saturated carbocycles. The molecule has 3 nitrogen and oxygen atoms in total. The number of ether oxygens (including phenoxy) is 1. The van der Waals surface area contributed by atoms with Crippen molar-refractivity contribution in [2.75, 3.05) is 7.11 Å². The lowest BCUT2D eigenvalue weighted by Crippen LogP contribution is -2.07. The predicted octanol–water partition coefficient (Wildman–Crippen LogP) is 6.90. The lowest BCUT2D eigenvalue weighted by atomic mass is 9.98. The minimum absolute atomic E-state index is 0.303. The van der Waals surface area contributed by atoms with Crippen molar-refractivity contribution in [2.24, 2.45) is 0 Å². The molecule has 0 aliphatic heterocycles. The second-order valence-electron chi connectivity index (χ2n) is 7.26. The normalized spacial score (nSPS) is 11.1. The molecular weight excluding hydrogens is 506 g/mol. The van der Waals surface area contributed by atoms with Gasteiger partial charge in [0, 0.05) is 38.5 Å². The van der Waals surface area contributed by atoms with Crippen LogP contribution in [0.3, 0.4) is 0 Å². The second kappa shape index (κ2) is 8.78. The minimum atomic E-state index is -0.303. The molecule has 1 heterocycles. The first-order chi connectivity index (χ1) is 14.5. The molecule has 4 rings (SSSR count). The molecule has 0 unspecified atom stereocenters. The highest BCUT2D eigenvalue weighted by molar-refractivity contribution is 9.10. The van der Waals surface area contributed by atoms with Gasteiger partial charge in [0.25, 0.3) is 0 Å². The summed E-state index contributed by atoms with van der Waals surface area (Å²) in [4.78, 5) is 12.3. The highest BCUT2D eigenvalue weighted by Gasteiger charge is 2.18. The number of halogens is 2. The third kappa shape index (κ3) is 4.09. The van der Waals surface area contributed by atoms with Crippen LogP contribution in [0, 0.1) is 6.92 Å². The van der Waals surface area contributed by atoms with Crippen LogP contribution in [0.5, 0.6) is 0 Å². The lowest BCUT2D eigenvalue weighted by Gasteiger charge is -2.11. The number of carbonyl (C=O) groups is 1. The fraction of sp³-hybridized carbons (Fsp3) is 0.160. The number of esters is 1. The van der Waals surface area contributed by atoms with Gasteiger partial charge in [-0.15, -0.1) is 0 Å². The first kappa shape index (κ1) is 20.9. The summed E-state index contributed by atoms with van der Waals surface area (Å²) in [6.45, 7) is 2.94. The third-order valence-corrected chi connectivity index (χ3v) is 6.48. The first-order valence-electron chi connectivity index (χ1n) is 9.66. The van der Waals surface area contributed by atoms with Crippen molar-refractivity contribution in [1.29, 1.82) is 0 Å². The summed E-state index contributed by atoms with van der Waals surface area (Å²) in [5, 5.41) is 1.19. The van der Waals surface area contributed by atoms with E-state index in [-0.39, 0.29) is 5.97 Å². The van der Waals surface area contributed by atoms with Crippen LogP contribution < -0.4 is 0 Å². The van der Waals surface area contributed by atoms with Crippen LogP contribution >= 0.6 is 31.9 Å². The van der Waals surface area contributed by atoms with E-state index in [0.29, 0.717) is 12.0 Å². The molecule has 0 radical (unpaired) electrons. The molecule has 3 aromatic carbocycles. The lowest BCUT2D eigenvalue weighted by molar-refractivity contribution is 0.0599. The van der Waals surface area contributed by atoms with E-state index in [0.717, 1.165) is 21.1 Å². The van der Waals surface area contributed by atoms with Gasteiger partial charge in [0.2, 0.25) is 0 Å². The van der Waals surface area contributed by atoms with E-state index in [9.17, 15) is 4.79 Å². The van der Waals surface area contributed by atoms with E-state index in [4.69, 9.17) is 4.74 Å². The quantitative estimate of drug-likeness (QED) is 0.265. The highest BCUT2D eigenvalue weighted by Crippen LogP contribution is 2.32. The molecule has 5 heteroatoms. The summed E-state index contributed by atoms with van der Waals surface area (Å²) >= 11 is 7.13. The number of hydrogen-bond donors (Lipinski definition) is 0. The van der Waals surface area contributed by atoms with Gasteiger partial charge in [0.15, 0.2) is 0 Å². The average Bonchev–Trinajstić information content (AvgIpc) is 3.00. The Morgan fingerprint density at radius 2 is 1.67 bits per heavy atom. The molecule has 0 aliphatic rings. The van der Waals surface area contributed by atoms with Crippen LogP contribution in [-0.2, 0) is 17.7 Å². The Kier molecular flexibility index (Phi) is 6.11. The molecule has 30 heavy (non-hydrogen) atoms. The van der Waals surface area contributed by atoms with Gasteiger partial charge in [-0.3, -0.25) is 0 Å². The Morgan fingerprint density at radius 1 is 0.967 bits per heavy atom. The van der Waals surface area contributed by atoms with Crippen molar-refractivity contribution in [3.63, 3.8) is 0 Å². The van der Waals surface area contributed by atoms with Gasteiger partial charge in [-0.25, -0.2) is 4.79 Å². The monoisotopic (exact) mass is 525 g/mol. The first-order valence-corrected chi connectivity index (χ1v) is 11.2. The molecule has 0 spiro atoms. The number of aromatic nitrogens is 1. The standard InChI is InChI=1S/C25H21Br2NO2/c1-16-22(13-18-5-3-4-6-21(18)25(29)30-2)23-14-20(27)11-12-24(23)28(16)15-17-7-9-19(26)10-8-17/h3-12,14H,13,15H2,1-2H3. The molecule has 0 atom stereocenters. The average molecular weight is 527 g/mol. The van der Waals surface area contributed by atoms with E-state index in [2.05, 4.69) is 85.8 Å². The number of fused-ring (bicyclic) bond motifs is 1. The maximum absolute atomic E-state index is 12.3. The van der Waals surface area contributed by atoms with Crippen molar-refractivity contribution < 1.29 is 9.53 Å². The Hall–Kier alpha value is -2.37. The minimum Gasteiger partial charge on any atom is -0.465 e. The fourth-order valence-electron chi connectivity index (χ4n) is 3.90. The van der Waals surface area contributed by atoms with Crippen LogP contribution in [-0.4, -0.2) is 17.6 Å². The van der Waals surface area contributed by atoms with Crippen LogP contribution in [0.2, 0.25) is 0 Å². The van der Waals surface area contributed by atoms with Crippen LogP contribution in [0.25, 0.3) is 10.9 Å². The predicted molar refractivity (Wildman–Crippen MR) is 128 cm³/mol. The number of methoxy groups -OCH3 is 1. The number of nitrogens with zero attached hydrogens (tertiary/aromatic N) is 1. The molecule has 0 N–H and O–H groups in total. The molecule has 0 fully saturated rings. The number of hydrogen-bond acceptors (Lipinski definition) is 2. The smallest absolute Gasteiger partial charge is 0.338 e. The van der Waals surface area contributed by atoms with Crippen molar-refractivity contribution >= 4 is 48.7 Å². The molecule has 4 aromatic rings. The van der Waals surface area contributed by atoms with Gasteiger partial charge in [0.05, 0.1) is 12.7 Å². The molecule has 0 aliphatic carbocycles. The van der Waals surface area contributed by atoms with Gasteiger partial charge in [-0.1, -0.05) is 62.2 Å². The zero-order valence-electron chi connectivity index (χ0n) is 16.8. The maximum atomic E-state index is 12.3. The van der Waals surface area contributed by atoms with Gasteiger partial charge in [-0.05, 0) is 60.0 Å². The van der Waals surface area contributed by atoms with E-state index in [1.807, 2.05) is 24.3 Å². The maximum Gasteiger partial charge on any atom is 0.338 e. The summed E-state index contributed by atoms with van der Waals surface area (Å²) in [5.41, 5.74) is 6.43. The van der Waals surface area contributed by atoms with Crippen molar-refractivity contribution in [1.82, 2.24) is 4.57 Å².